The Bertz CT molecular complexity index is 530. The summed E-state index contributed by atoms with van der Waals surface area (Å²) in [4.78, 5) is 0. The van der Waals surface area contributed by atoms with E-state index in [0.717, 1.165) is 30.0 Å². The van der Waals surface area contributed by atoms with E-state index in [0.29, 0.717) is 11.5 Å². The number of sulfone groups is 1. The van der Waals surface area contributed by atoms with Crippen LogP contribution in [0.15, 0.2) is 24.3 Å². The predicted octanol–water partition coefficient (Wildman–Crippen LogP) is 2.82. The van der Waals surface area contributed by atoms with Gasteiger partial charge in [-0.2, -0.15) is 0 Å². The summed E-state index contributed by atoms with van der Waals surface area (Å²) in [5.41, 5.74) is 1.14. The van der Waals surface area contributed by atoms with E-state index in [-0.39, 0.29) is 12.0 Å². The number of hydrogen-bond donors (Lipinski definition) is 1. The summed E-state index contributed by atoms with van der Waals surface area (Å²) in [6, 6.07) is 7.98. The fourth-order valence-electron chi connectivity index (χ4n) is 2.70. The lowest BCUT2D eigenvalue weighted by Gasteiger charge is -2.21. The van der Waals surface area contributed by atoms with E-state index in [1.807, 2.05) is 24.3 Å². The van der Waals surface area contributed by atoms with E-state index in [9.17, 15) is 8.42 Å². The van der Waals surface area contributed by atoms with Gasteiger partial charge in [-0.15, -0.1) is 0 Å². The molecule has 0 amide bonds. The van der Waals surface area contributed by atoms with Crippen molar-refractivity contribution in [1.82, 2.24) is 5.32 Å². The van der Waals surface area contributed by atoms with Gasteiger partial charge in [0.25, 0.3) is 0 Å². The third kappa shape index (κ3) is 4.20. The van der Waals surface area contributed by atoms with E-state index in [2.05, 4.69) is 12.2 Å². The van der Waals surface area contributed by atoms with Gasteiger partial charge in [-0.05, 0) is 43.0 Å². The number of benzene rings is 1. The van der Waals surface area contributed by atoms with Crippen molar-refractivity contribution in [3.63, 3.8) is 0 Å². The first-order chi connectivity index (χ1) is 9.00. The van der Waals surface area contributed by atoms with E-state index in [4.69, 9.17) is 11.6 Å². The zero-order valence-corrected chi connectivity index (χ0v) is 12.7. The number of rotatable bonds is 5. The summed E-state index contributed by atoms with van der Waals surface area (Å²) in [5, 5.41) is 4.15. The molecule has 3 nitrogen and oxygen atoms in total. The normalized spacial score (nSPS) is 23.4. The zero-order chi connectivity index (χ0) is 13.9. The van der Waals surface area contributed by atoms with Crippen LogP contribution in [-0.4, -0.2) is 26.5 Å². The van der Waals surface area contributed by atoms with E-state index in [1.165, 1.54) is 0 Å². The van der Waals surface area contributed by atoms with Gasteiger partial charge < -0.3 is 5.32 Å². The van der Waals surface area contributed by atoms with E-state index in [1.54, 1.807) is 0 Å². The topological polar surface area (TPSA) is 46.2 Å². The second kappa shape index (κ2) is 6.25. The van der Waals surface area contributed by atoms with Crippen molar-refractivity contribution in [2.24, 2.45) is 5.92 Å². The van der Waals surface area contributed by atoms with Crippen molar-refractivity contribution in [2.75, 3.05) is 18.1 Å². The SMILES string of the molecule is CCNC(CC1CCS(=O)(=O)C1)c1cccc(Cl)c1. The summed E-state index contributed by atoms with van der Waals surface area (Å²) in [5.74, 6) is 0.926. The maximum absolute atomic E-state index is 11.5. The molecular formula is C14H20ClNO2S. The van der Waals surface area contributed by atoms with Crippen LogP contribution in [0.4, 0.5) is 0 Å². The van der Waals surface area contributed by atoms with Crippen LogP contribution >= 0.6 is 11.6 Å². The van der Waals surface area contributed by atoms with Gasteiger partial charge in [-0.3, -0.25) is 0 Å². The molecule has 0 saturated carbocycles. The fourth-order valence-corrected chi connectivity index (χ4v) is 4.78. The average molecular weight is 302 g/mol. The molecule has 0 radical (unpaired) electrons. The summed E-state index contributed by atoms with van der Waals surface area (Å²) >= 11 is 6.03. The van der Waals surface area contributed by atoms with Crippen LogP contribution in [0.5, 0.6) is 0 Å². The summed E-state index contributed by atoms with van der Waals surface area (Å²) < 4.78 is 23.1. The maximum atomic E-state index is 11.5. The molecular weight excluding hydrogens is 282 g/mol. The predicted molar refractivity (Wildman–Crippen MR) is 79.2 cm³/mol. The van der Waals surface area contributed by atoms with Crippen molar-refractivity contribution < 1.29 is 8.42 Å². The van der Waals surface area contributed by atoms with Crippen molar-refractivity contribution in [3.05, 3.63) is 34.9 Å². The third-order valence-electron chi connectivity index (χ3n) is 3.60. The third-order valence-corrected chi connectivity index (χ3v) is 5.67. The van der Waals surface area contributed by atoms with Crippen LogP contribution in [0.25, 0.3) is 0 Å². The molecule has 2 rings (SSSR count). The first-order valence-electron chi connectivity index (χ1n) is 6.69. The molecule has 1 aliphatic heterocycles. The molecule has 1 aromatic carbocycles. The van der Waals surface area contributed by atoms with Crippen LogP contribution in [0.1, 0.15) is 31.4 Å². The zero-order valence-electron chi connectivity index (χ0n) is 11.1. The lowest BCUT2D eigenvalue weighted by molar-refractivity contribution is 0.422. The lowest BCUT2D eigenvalue weighted by atomic mass is 9.94. The minimum Gasteiger partial charge on any atom is -0.310 e. The summed E-state index contributed by atoms with van der Waals surface area (Å²) in [7, 11) is -2.80. The molecule has 0 aromatic heterocycles. The van der Waals surface area contributed by atoms with Gasteiger partial charge in [-0.25, -0.2) is 8.42 Å². The molecule has 19 heavy (non-hydrogen) atoms. The number of nitrogens with one attached hydrogen (secondary N) is 1. The molecule has 1 N–H and O–H groups in total. The van der Waals surface area contributed by atoms with Crippen LogP contribution in [0.3, 0.4) is 0 Å². The highest BCUT2D eigenvalue weighted by Gasteiger charge is 2.30. The molecule has 1 aliphatic rings. The minimum atomic E-state index is -2.80. The Kier molecular flexibility index (Phi) is 4.87. The van der Waals surface area contributed by atoms with Crippen LogP contribution < -0.4 is 5.32 Å². The van der Waals surface area contributed by atoms with Crippen LogP contribution in [0, 0.1) is 5.92 Å². The quantitative estimate of drug-likeness (QED) is 0.909. The molecule has 0 aliphatic carbocycles. The highest BCUT2D eigenvalue weighted by atomic mass is 35.5. The van der Waals surface area contributed by atoms with Gasteiger partial charge in [-0.1, -0.05) is 30.7 Å². The van der Waals surface area contributed by atoms with E-state index < -0.39 is 9.84 Å². The van der Waals surface area contributed by atoms with E-state index >= 15 is 0 Å². The first kappa shape index (κ1) is 14.8. The monoisotopic (exact) mass is 301 g/mol. The molecule has 1 aromatic rings. The standard InChI is InChI=1S/C14H20ClNO2S/c1-2-16-14(12-4-3-5-13(15)9-12)8-11-6-7-19(17,18)10-11/h3-5,9,11,14,16H,2,6-8,10H2,1H3. The Labute approximate surface area is 120 Å². The smallest absolute Gasteiger partial charge is 0.150 e. The van der Waals surface area contributed by atoms with Crippen LogP contribution in [-0.2, 0) is 9.84 Å². The number of halogens is 1. The molecule has 5 heteroatoms. The van der Waals surface area contributed by atoms with Gasteiger partial charge in [0, 0.05) is 11.1 Å². The molecule has 1 saturated heterocycles. The highest BCUT2D eigenvalue weighted by Crippen LogP contribution is 2.29. The molecule has 0 spiro atoms. The minimum absolute atomic E-state index is 0.182. The molecule has 0 bridgehead atoms. The molecule has 1 fully saturated rings. The number of hydrogen-bond acceptors (Lipinski definition) is 3. The second-order valence-corrected chi connectivity index (χ2v) is 7.84. The Morgan fingerprint density at radius 3 is 2.84 bits per heavy atom. The van der Waals surface area contributed by atoms with Crippen molar-refractivity contribution in [3.8, 4) is 0 Å². The van der Waals surface area contributed by atoms with Crippen LogP contribution in [0.2, 0.25) is 5.02 Å². The Morgan fingerprint density at radius 2 is 2.26 bits per heavy atom. The fraction of sp³-hybridized carbons (Fsp3) is 0.571. The molecule has 2 unspecified atom stereocenters. The summed E-state index contributed by atoms with van der Waals surface area (Å²) in [6.45, 7) is 2.92. The Balaban J connectivity index is 2.08. The first-order valence-corrected chi connectivity index (χ1v) is 8.89. The Hall–Kier alpha value is -0.580. The second-order valence-electron chi connectivity index (χ2n) is 5.17. The average Bonchev–Trinajstić information content (AvgIpc) is 2.68. The molecule has 106 valence electrons. The summed E-state index contributed by atoms with van der Waals surface area (Å²) in [6.07, 6.45) is 1.64. The molecule has 2 atom stereocenters. The largest absolute Gasteiger partial charge is 0.310 e. The van der Waals surface area contributed by atoms with Crippen molar-refractivity contribution in [1.29, 1.82) is 0 Å². The highest BCUT2D eigenvalue weighted by molar-refractivity contribution is 7.91. The molecule has 1 heterocycles. The maximum Gasteiger partial charge on any atom is 0.150 e. The van der Waals surface area contributed by atoms with Gasteiger partial charge >= 0.3 is 0 Å². The van der Waals surface area contributed by atoms with Crippen molar-refractivity contribution in [2.45, 2.75) is 25.8 Å². The van der Waals surface area contributed by atoms with Gasteiger partial charge in [0.15, 0.2) is 9.84 Å². The lowest BCUT2D eigenvalue weighted by Crippen LogP contribution is -2.24. The van der Waals surface area contributed by atoms with Gasteiger partial charge in [0.05, 0.1) is 11.5 Å². The Morgan fingerprint density at radius 1 is 1.47 bits per heavy atom. The van der Waals surface area contributed by atoms with Crippen molar-refractivity contribution >= 4 is 21.4 Å². The van der Waals surface area contributed by atoms with Gasteiger partial charge in [0.2, 0.25) is 0 Å². The van der Waals surface area contributed by atoms with Gasteiger partial charge in [0.1, 0.15) is 0 Å².